The number of carbonyl (C=O) groups is 1. The van der Waals surface area contributed by atoms with Crippen LogP contribution in [0.2, 0.25) is 0 Å². The zero-order chi connectivity index (χ0) is 22.1. The standard InChI is InChI=1S/C17H12F5N3O3S2/c1-25(12-7-6-11-13(24-12)30-14(29)23-11)15(26)27-9-2-4-10(5-3-9)28-17(21,22)8-16(18,19)20/h2-7H,8H2,1H3,(H,23,29). The number of thiol groups is 1. The lowest BCUT2D eigenvalue weighted by atomic mass is 10.3. The molecular formula is C17H12F5N3O3S2. The van der Waals surface area contributed by atoms with Gasteiger partial charge in [0, 0.05) is 7.05 Å². The first-order valence-electron chi connectivity index (χ1n) is 8.08. The maximum atomic E-state index is 13.3. The van der Waals surface area contributed by atoms with Gasteiger partial charge < -0.3 is 9.47 Å². The Morgan fingerprint density at radius 3 is 2.33 bits per heavy atom. The average molecular weight is 465 g/mol. The fraction of sp³-hybridized carbons (Fsp3) is 0.235. The minimum Gasteiger partial charge on any atom is -0.432 e. The van der Waals surface area contributed by atoms with E-state index in [9.17, 15) is 26.7 Å². The molecule has 6 nitrogen and oxygen atoms in total. The van der Waals surface area contributed by atoms with Crippen molar-refractivity contribution in [1.82, 2.24) is 9.97 Å². The number of aromatic nitrogens is 2. The van der Waals surface area contributed by atoms with Gasteiger partial charge in [-0.15, -0.1) is 12.6 Å². The predicted molar refractivity (Wildman–Crippen MR) is 102 cm³/mol. The molecule has 0 radical (unpaired) electrons. The van der Waals surface area contributed by atoms with E-state index in [0.717, 1.165) is 29.2 Å². The van der Waals surface area contributed by atoms with Crippen molar-refractivity contribution in [2.24, 2.45) is 0 Å². The van der Waals surface area contributed by atoms with Gasteiger partial charge in [0.15, 0.2) is 0 Å². The van der Waals surface area contributed by atoms with E-state index in [1.54, 1.807) is 12.1 Å². The van der Waals surface area contributed by atoms with Gasteiger partial charge in [0.25, 0.3) is 0 Å². The van der Waals surface area contributed by atoms with E-state index in [1.165, 1.54) is 18.4 Å². The van der Waals surface area contributed by atoms with Gasteiger partial charge in [0.1, 0.15) is 38.4 Å². The molecule has 1 aromatic carbocycles. The second kappa shape index (κ2) is 8.22. The Balaban J connectivity index is 1.64. The lowest BCUT2D eigenvalue weighted by Crippen LogP contribution is -2.31. The van der Waals surface area contributed by atoms with Crippen LogP contribution in [-0.4, -0.2) is 35.4 Å². The summed E-state index contributed by atoms with van der Waals surface area (Å²) in [5, 5.41) is 0. The van der Waals surface area contributed by atoms with Gasteiger partial charge in [0.2, 0.25) is 0 Å². The number of alkyl halides is 5. The molecule has 0 aliphatic carbocycles. The number of hydrogen-bond acceptors (Lipinski definition) is 7. The Morgan fingerprint density at radius 1 is 1.07 bits per heavy atom. The molecule has 0 aliphatic heterocycles. The van der Waals surface area contributed by atoms with E-state index in [-0.39, 0.29) is 11.6 Å². The highest BCUT2D eigenvalue weighted by molar-refractivity contribution is 7.82. The highest BCUT2D eigenvalue weighted by Gasteiger charge is 2.45. The minimum atomic E-state index is -5.09. The number of fused-ring (bicyclic) bond motifs is 1. The van der Waals surface area contributed by atoms with E-state index in [0.29, 0.717) is 14.7 Å². The molecule has 0 saturated heterocycles. The first-order chi connectivity index (χ1) is 13.9. The number of benzene rings is 1. The molecule has 1 amide bonds. The van der Waals surface area contributed by atoms with Gasteiger partial charge in [-0.3, -0.25) is 4.90 Å². The van der Waals surface area contributed by atoms with Gasteiger partial charge in [-0.2, -0.15) is 22.0 Å². The van der Waals surface area contributed by atoms with Crippen molar-refractivity contribution in [2.45, 2.75) is 23.0 Å². The molecule has 3 rings (SSSR count). The van der Waals surface area contributed by atoms with Crippen LogP contribution in [0.5, 0.6) is 11.5 Å². The number of ether oxygens (including phenoxy) is 2. The highest BCUT2D eigenvalue weighted by Crippen LogP contribution is 2.34. The summed E-state index contributed by atoms with van der Waals surface area (Å²) in [5.41, 5.74) is 0.619. The first-order valence-corrected chi connectivity index (χ1v) is 9.34. The van der Waals surface area contributed by atoms with E-state index in [2.05, 4.69) is 27.3 Å². The van der Waals surface area contributed by atoms with Crippen LogP contribution < -0.4 is 14.4 Å². The van der Waals surface area contributed by atoms with E-state index in [1.807, 2.05) is 0 Å². The first kappa shape index (κ1) is 22.0. The maximum absolute atomic E-state index is 13.3. The number of rotatable bonds is 5. The van der Waals surface area contributed by atoms with Crippen molar-refractivity contribution in [3.8, 4) is 11.5 Å². The van der Waals surface area contributed by atoms with Crippen LogP contribution in [0.25, 0.3) is 10.3 Å². The summed E-state index contributed by atoms with van der Waals surface area (Å²) in [6.07, 6.45) is -12.8. The Morgan fingerprint density at radius 2 is 1.70 bits per heavy atom. The summed E-state index contributed by atoms with van der Waals surface area (Å²) in [7, 11) is 1.41. The van der Waals surface area contributed by atoms with Crippen LogP contribution in [0.3, 0.4) is 0 Å². The third-order valence-electron chi connectivity index (χ3n) is 3.55. The number of anilines is 1. The van der Waals surface area contributed by atoms with Crippen LogP contribution in [0, 0.1) is 0 Å². The zero-order valence-corrected chi connectivity index (χ0v) is 16.7. The number of amides is 1. The third kappa shape index (κ3) is 5.69. The summed E-state index contributed by atoms with van der Waals surface area (Å²) < 4.78 is 72.6. The maximum Gasteiger partial charge on any atom is 0.420 e. The van der Waals surface area contributed by atoms with Crippen molar-refractivity contribution in [2.75, 3.05) is 11.9 Å². The Labute approximate surface area is 175 Å². The molecule has 0 fully saturated rings. The molecule has 30 heavy (non-hydrogen) atoms. The highest BCUT2D eigenvalue weighted by atomic mass is 32.2. The van der Waals surface area contributed by atoms with Gasteiger partial charge in [-0.25, -0.2) is 14.8 Å². The van der Waals surface area contributed by atoms with Crippen LogP contribution >= 0.6 is 24.0 Å². The SMILES string of the molecule is CN(C(=O)Oc1ccc(OC(F)(F)CC(F)(F)F)cc1)c1ccc2nc(S)sc2n1. The average Bonchev–Trinajstić information content (AvgIpc) is 2.99. The number of pyridine rings is 1. The summed E-state index contributed by atoms with van der Waals surface area (Å²) in [6.45, 7) is 0. The molecule has 0 unspecified atom stereocenters. The molecule has 13 heteroatoms. The normalized spacial score (nSPS) is 12.1. The Kier molecular flexibility index (Phi) is 6.04. The summed E-state index contributed by atoms with van der Waals surface area (Å²) in [4.78, 5) is 22.4. The summed E-state index contributed by atoms with van der Waals surface area (Å²) >= 11 is 5.37. The van der Waals surface area contributed by atoms with Crippen molar-refractivity contribution < 1.29 is 36.2 Å². The van der Waals surface area contributed by atoms with Crippen LogP contribution in [0.15, 0.2) is 40.7 Å². The third-order valence-corrected chi connectivity index (χ3v) is 4.69. The van der Waals surface area contributed by atoms with E-state index < -0.39 is 30.5 Å². The van der Waals surface area contributed by atoms with Crippen molar-refractivity contribution in [3.05, 3.63) is 36.4 Å². The molecule has 0 saturated carbocycles. The summed E-state index contributed by atoms with van der Waals surface area (Å²) in [5.74, 6) is -0.275. The number of carbonyl (C=O) groups excluding carboxylic acids is 1. The van der Waals surface area contributed by atoms with Crippen molar-refractivity contribution in [3.63, 3.8) is 0 Å². The Bertz CT molecular complexity index is 1060. The molecule has 0 atom stereocenters. The molecule has 0 N–H and O–H groups in total. The van der Waals surface area contributed by atoms with Gasteiger partial charge in [0.05, 0.1) is 0 Å². The summed E-state index contributed by atoms with van der Waals surface area (Å²) in [6, 6.07) is 7.35. The zero-order valence-electron chi connectivity index (χ0n) is 15.0. The number of hydrogen-bond donors (Lipinski definition) is 1. The van der Waals surface area contributed by atoms with Crippen molar-refractivity contribution >= 4 is 46.2 Å². The lowest BCUT2D eigenvalue weighted by Gasteiger charge is -2.19. The Hall–Kier alpha value is -2.67. The van der Waals surface area contributed by atoms with Gasteiger partial charge >= 0.3 is 18.4 Å². The van der Waals surface area contributed by atoms with Crippen LogP contribution in [0.1, 0.15) is 6.42 Å². The quantitative estimate of drug-likeness (QED) is 0.396. The fourth-order valence-electron chi connectivity index (χ4n) is 2.26. The van der Waals surface area contributed by atoms with Gasteiger partial charge in [-0.1, -0.05) is 11.3 Å². The van der Waals surface area contributed by atoms with Crippen LogP contribution in [-0.2, 0) is 0 Å². The molecule has 0 spiro atoms. The van der Waals surface area contributed by atoms with Gasteiger partial charge in [-0.05, 0) is 36.4 Å². The molecule has 3 aromatic rings. The second-order valence-corrected chi connectivity index (χ2v) is 7.62. The number of halogens is 5. The molecule has 0 bridgehead atoms. The lowest BCUT2D eigenvalue weighted by molar-refractivity contribution is -0.255. The van der Waals surface area contributed by atoms with E-state index in [4.69, 9.17) is 4.74 Å². The van der Waals surface area contributed by atoms with Crippen molar-refractivity contribution in [1.29, 1.82) is 0 Å². The largest absolute Gasteiger partial charge is 0.432 e. The molecule has 0 aliphatic rings. The number of nitrogens with zero attached hydrogens (tertiary/aromatic N) is 3. The monoisotopic (exact) mass is 465 g/mol. The minimum absolute atomic E-state index is 0.0325. The van der Waals surface area contributed by atoms with Crippen LogP contribution in [0.4, 0.5) is 32.6 Å². The van der Waals surface area contributed by atoms with E-state index >= 15 is 0 Å². The molecule has 2 heterocycles. The molecular weight excluding hydrogens is 453 g/mol. The topological polar surface area (TPSA) is 64.6 Å². The fourth-order valence-corrected chi connectivity index (χ4v) is 3.30. The predicted octanol–water partition coefficient (Wildman–Crippen LogP) is 5.54. The number of thiazole rings is 1. The second-order valence-electron chi connectivity index (χ2n) is 5.92. The molecule has 160 valence electrons. The molecule has 2 aromatic heterocycles. The smallest absolute Gasteiger partial charge is 0.420 e.